The average molecular weight is 366 g/mol. The molecule has 0 bridgehead atoms. The Hall–Kier alpha value is -1.63. The number of nitrogens with zero attached hydrogens (tertiary/aromatic N) is 2. The summed E-state index contributed by atoms with van der Waals surface area (Å²) in [6.07, 6.45) is 0. The van der Waals surface area contributed by atoms with Crippen LogP contribution < -0.4 is 5.32 Å². The molecule has 3 rings (SSSR count). The number of amides is 1. The molecule has 0 unspecified atom stereocenters. The van der Waals surface area contributed by atoms with E-state index in [1.54, 1.807) is 0 Å². The van der Waals surface area contributed by atoms with Crippen molar-refractivity contribution in [3.05, 3.63) is 51.7 Å². The van der Waals surface area contributed by atoms with E-state index in [4.69, 9.17) is 23.8 Å². The molecule has 7 heteroatoms. The number of carbonyl (C=O) groups is 1. The first kappa shape index (κ1) is 16.2. The fourth-order valence-corrected chi connectivity index (χ4v) is 3.52. The summed E-state index contributed by atoms with van der Waals surface area (Å²) in [5, 5.41) is 6.51. The number of anilines is 1. The van der Waals surface area contributed by atoms with Gasteiger partial charge in [0.2, 0.25) is 0 Å². The summed E-state index contributed by atoms with van der Waals surface area (Å²) in [4.78, 5) is 17.1. The lowest BCUT2D eigenvalue weighted by atomic mass is 10.3. The summed E-state index contributed by atoms with van der Waals surface area (Å²) in [6, 6.07) is 11.2. The van der Waals surface area contributed by atoms with Crippen LogP contribution >= 0.6 is 35.2 Å². The van der Waals surface area contributed by atoms with Crippen LogP contribution in [-0.4, -0.2) is 47.0 Å². The zero-order valence-corrected chi connectivity index (χ0v) is 14.8. The van der Waals surface area contributed by atoms with Gasteiger partial charge in [0.15, 0.2) is 5.11 Å². The molecule has 1 aliphatic heterocycles. The number of thiophene rings is 1. The van der Waals surface area contributed by atoms with Gasteiger partial charge in [-0.1, -0.05) is 17.7 Å². The lowest BCUT2D eigenvalue weighted by Crippen LogP contribution is -2.51. The summed E-state index contributed by atoms with van der Waals surface area (Å²) < 4.78 is 0. The van der Waals surface area contributed by atoms with Crippen molar-refractivity contribution in [2.45, 2.75) is 0 Å². The minimum atomic E-state index is 0.108. The van der Waals surface area contributed by atoms with Crippen LogP contribution in [0.3, 0.4) is 0 Å². The molecule has 1 aromatic heterocycles. The number of thiocarbonyl (C=S) groups is 1. The molecule has 1 aliphatic rings. The van der Waals surface area contributed by atoms with Gasteiger partial charge in [0.1, 0.15) is 0 Å². The highest BCUT2D eigenvalue weighted by atomic mass is 35.5. The number of piperazine rings is 1. The lowest BCUT2D eigenvalue weighted by molar-refractivity contribution is 0.0698. The highest BCUT2D eigenvalue weighted by Crippen LogP contribution is 2.16. The van der Waals surface area contributed by atoms with Crippen molar-refractivity contribution in [3.63, 3.8) is 0 Å². The zero-order valence-electron chi connectivity index (χ0n) is 12.4. The van der Waals surface area contributed by atoms with Crippen LogP contribution in [0.1, 0.15) is 9.67 Å². The second kappa shape index (κ2) is 7.29. The van der Waals surface area contributed by atoms with Crippen molar-refractivity contribution >= 4 is 51.9 Å². The van der Waals surface area contributed by atoms with Crippen LogP contribution in [0.15, 0.2) is 41.8 Å². The van der Waals surface area contributed by atoms with E-state index in [-0.39, 0.29) is 5.91 Å². The second-order valence-electron chi connectivity index (χ2n) is 5.19. The first-order chi connectivity index (χ1) is 11.1. The molecule has 23 heavy (non-hydrogen) atoms. The molecule has 1 N–H and O–H groups in total. The Morgan fingerprint density at radius 1 is 1.09 bits per heavy atom. The molecule has 0 atom stereocenters. The van der Waals surface area contributed by atoms with Gasteiger partial charge in [-0.2, -0.15) is 0 Å². The molecule has 1 saturated heterocycles. The van der Waals surface area contributed by atoms with Crippen molar-refractivity contribution in [1.29, 1.82) is 0 Å². The Bertz CT molecular complexity index is 680. The highest BCUT2D eigenvalue weighted by Gasteiger charge is 2.23. The monoisotopic (exact) mass is 365 g/mol. The van der Waals surface area contributed by atoms with Crippen molar-refractivity contribution in [3.8, 4) is 0 Å². The summed E-state index contributed by atoms with van der Waals surface area (Å²) in [5.74, 6) is 0.108. The number of benzene rings is 1. The third-order valence-electron chi connectivity index (χ3n) is 3.68. The van der Waals surface area contributed by atoms with Crippen LogP contribution in [0, 0.1) is 0 Å². The van der Waals surface area contributed by atoms with Gasteiger partial charge >= 0.3 is 0 Å². The predicted octanol–water partition coefficient (Wildman–Crippen LogP) is 3.56. The maximum Gasteiger partial charge on any atom is 0.264 e. The van der Waals surface area contributed by atoms with Crippen molar-refractivity contribution in [2.24, 2.45) is 0 Å². The lowest BCUT2D eigenvalue weighted by Gasteiger charge is -2.36. The van der Waals surface area contributed by atoms with Crippen molar-refractivity contribution in [1.82, 2.24) is 9.80 Å². The number of nitrogens with one attached hydrogen (secondary N) is 1. The zero-order chi connectivity index (χ0) is 16.2. The first-order valence-corrected chi connectivity index (χ1v) is 8.94. The fourth-order valence-electron chi connectivity index (χ4n) is 2.40. The smallest absolute Gasteiger partial charge is 0.264 e. The largest absolute Gasteiger partial charge is 0.345 e. The number of carbonyl (C=O) groups excluding carboxylic acids is 1. The molecule has 120 valence electrons. The minimum Gasteiger partial charge on any atom is -0.345 e. The van der Waals surface area contributed by atoms with Gasteiger partial charge in [-0.05, 0) is 47.9 Å². The number of rotatable bonds is 2. The van der Waals surface area contributed by atoms with Gasteiger partial charge in [-0.15, -0.1) is 11.3 Å². The molecule has 2 aromatic rings. The quantitative estimate of drug-likeness (QED) is 0.825. The van der Waals surface area contributed by atoms with E-state index in [2.05, 4.69) is 10.2 Å². The molecule has 0 radical (unpaired) electrons. The SMILES string of the molecule is O=C(c1cccs1)N1CCN(C(=S)Nc2ccc(Cl)cc2)CC1. The summed E-state index contributed by atoms with van der Waals surface area (Å²) in [7, 11) is 0. The fraction of sp³-hybridized carbons (Fsp3) is 0.250. The molecule has 2 heterocycles. The third kappa shape index (κ3) is 4.02. The minimum absolute atomic E-state index is 0.108. The molecule has 0 aliphatic carbocycles. The van der Waals surface area contributed by atoms with Gasteiger partial charge in [0.05, 0.1) is 4.88 Å². The van der Waals surface area contributed by atoms with E-state index >= 15 is 0 Å². The van der Waals surface area contributed by atoms with E-state index in [1.165, 1.54) is 11.3 Å². The van der Waals surface area contributed by atoms with Crippen LogP contribution in [0.4, 0.5) is 5.69 Å². The van der Waals surface area contributed by atoms with Crippen LogP contribution in [-0.2, 0) is 0 Å². The van der Waals surface area contributed by atoms with Gasteiger partial charge in [0, 0.05) is 36.9 Å². The molecule has 1 fully saturated rings. The molecule has 1 amide bonds. The summed E-state index contributed by atoms with van der Waals surface area (Å²) >= 11 is 12.8. The van der Waals surface area contributed by atoms with E-state index in [1.807, 2.05) is 46.7 Å². The van der Waals surface area contributed by atoms with Gasteiger partial charge in [0.25, 0.3) is 5.91 Å². The standard InChI is InChI=1S/C16H16ClN3OS2/c17-12-3-5-13(6-4-12)18-16(22)20-9-7-19(8-10-20)15(21)14-2-1-11-23-14/h1-6,11H,7-10H2,(H,18,22). The molecular formula is C16H16ClN3OS2. The predicted molar refractivity (Wildman–Crippen MR) is 99.5 cm³/mol. The Kier molecular flexibility index (Phi) is 5.15. The molecule has 0 spiro atoms. The number of halogens is 1. The Balaban J connectivity index is 1.53. The van der Waals surface area contributed by atoms with Crippen molar-refractivity contribution < 1.29 is 4.79 Å². The average Bonchev–Trinajstić information content (AvgIpc) is 3.11. The van der Waals surface area contributed by atoms with E-state index in [9.17, 15) is 4.79 Å². The molecule has 4 nitrogen and oxygen atoms in total. The van der Waals surface area contributed by atoms with Gasteiger partial charge in [-0.25, -0.2) is 0 Å². The van der Waals surface area contributed by atoms with Crippen LogP contribution in [0.2, 0.25) is 5.02 Å². The summed E-state index contributed by atoms with van der Waals surface area (Å²) in [5.41, 5.74) is 0.913. The van der Waals surface area contributed by atoms with Crippen LogP contribution in [0.5, 0.6) is 0 Å². The number of hydrogen-bond acceptors (Lipinski definition) is 3. The van der Waals surface area contributed by atoms with Crippen LogP contribution in [0.25, 0.3) is 0 Å². The third-order valence-corrected chi connectivity index (χ3v) is 5.15. The van der Waals surface area contributed by atoms with E-state index < -0.39 is 0 Å². The van der Waals surface area contributed by atoms with E-state index in [0.29, 0.717) is 23.2 Å². The Morgan fingerprint density at radius 2 is 1.74 bits per heavy atom. The Morgan fingerprint density at radius 3 is 2.35 bits per heavy atom. The molecule has 1 aromatic carbocycles. The summed E-state index contributed by atoms with van der Waals surface area (Å²) in [6.45, 7) is 2.82. The maximum atomic E-state index is 12.3. The first-order valence-electron chi connectivity index (χ1n) is 7.28. The second-order valence-corrected chi connectivity index (χ2v) is 6.96. The highest BCUT2D eigenvalue weighted by molar-refractivity contribution is 7.80. The Labute approximate surface area is 149 Å². The number of hydrogen-bond donors (Lipinski definition) is 1. The maximum absolute atomic E-state index is 12.3. The normalized spacial score (nSPS) is 14.7. The van der Waals surface area contributed by atoms with E-state index in [0.717, 1.165) is 23.7 Å². The molecular weight excluding hydrogens is 350 g/mol. The molecule has 0 saturated carbocycles. The van der Waals surface area contributed by atoms with Gasteiger partial charge in [-0.3, -0.25) is 4.79 Å². The van der Waals surface area contributed by atoms with Crippen molar-refractivity contribution in [2.75, 3.05) is 31.5 Å². The van der Waals surface area contributed by atoms with Gasteiger partial charge < -0.3 is 15.1 Å². The topological polar surface area (TPSA) is 35.6 Å².